The molecule has 8 atom stereocenters. The van der Waals surface area contributed by atoms with Crippen LogP contribution in [0, 0.1) is 11.8 Å². The first-order chi connectivity index (χ1) is 17.2. The Hall–Kier alpha value is -2.60. The summed E-state index contributed by atoms with van der Waals surface area (Å²) < 4.78 is 22.2. The van der Waals surface area contributed by atoms with Gasteiger partial charge in [0.2, 0.25) is 0 Å². The van der Waals surface area contributed by atoms with Crippen LogP contribution in [-0.4, -0.2) is 88.8 Å². The van der Waals surface area contributed by atoms with Crippen LogP contribution in [0.25, 0.3) is 0 Å². The van der Waals surface area contributed by atoms with Crippen molar-refractivity contribution in [2.75, 3.05) is 27.4 Å². The number of fused-ring (bicyclic) bond motifs is 1. The third-order valence-electron chi connectivity index (χ3n) is 7.35. The molecule has 0 bridgehead atoms. The van der Waals surface area contributed by atoms with Crippen LogP contribution < -0.4 is 9.47 Å². The van der Waals surface area contributed by atoms with Crippen molar-refractivity contribution in [3.05, 3.63) is 47.0 Å². The predicted molar refractivity (Wildman–Crippen MR) is 127 cm³/mol. The smallest absolute Gasteiger partial charge is 0.186 e. The Morgan fingerprint density at radius 3 is 2.28 bits per heavy atom. The van der Waals surface area contributed by atoms with Gasteiger partial charge in [-0.3, -0.25) is 0 Å². The Kier molecular flexibility index (Phi) is 7.93. The van der Waals surface area contributed by atoms with Crippen molar-refractivity contribution in [1.82, 2.24) is 0 Å². The van der Waals surface area contributed by atoms with Gasteiger partial charge in [-0.2, -0.15) is 0 Å². The van der Waals surface area contributed by atoms with Gasteiger partial charge in [0.05, 0.1) is 26.9 Å². The lowest BCUT2D eigenvalue weighted by molar-refractivity contribution is -0.296. The maximum absolute atomic E-state index is 10.6. The molecule has 4 rings (SSSR count). The predicted octanol–water partition coefficient (Wildman–Crippen LogP) is 0.872. The standard InChI is InChI=1S/C26H34O10/c1-12-23(30)24(31)25(32)26(36-12)35-11-17-15(10-27)6-14-8-21(34-3)19(29)9-16(14)22(17)13-4-5-18(28)20(7-13)33-2/h4-5,7-9,12,15,17,22-32H,6,10-11H2,1-3H3/t12-,15+,17+,22-,23-,24+,25+,26+/m0/s1. The number of phenolic OH excluding ortho intramolecular Hbond substituents is 2. The van der Waals surface area contributed by atoms with E-state index in [0.717, 1.165) is 16.7 Å². The molecule has 0 amide bonds. The van der Waals surface area contributed by atoms with Crippen LogP contribution in [0.2, 0.25) is 0 Å². The number of hydrogen-bond acceptors (Lipinski definition) is 10. The van der Waals surface area contributed by atoms with Gasteiger partial charge in [0.15, 0.2) is 29.3 Å². The fourth-order valence-corrected chi connectivity index (χ4v) is 5.30. The van der Waals surface area contributed by atoms with Crippen molar-refractivity contribution in [3.8, 4) is 23.0 Å². The van der Waals surface area contributed by atoms with Crippen LogP contribution in [0.3, 0.4) is 0 Å². The fourth-order valence-electron chi connectivity index (χ4n) is 5.30. The van der Waals surface area contributed by atoms with Crippen LogP contribution in [0.15, 0.2) is 30.3 Å². The minimum absolute atomic E-state index is 0.0263. The van der Waals surface area contributed by atoms with Gasteiger partial charge in [-0.15, -0.1) is 0 Å². The number of rotatable bonds is 7. The number of aliphatic hydroxyl groups excluding tert-OH is 4. The van der Waals surface area contributed by atoms with E-state index in [-0.39, 0.29) is 42.3 Å². The minimum atomic E-state index is -1.46. The maximum Gasteiger partial charge on any atom is 0.186 e. The molecule has 0 saturated carbocycles. The first kappa shape index (κ1) is 26.5. The van der Waals surface area contributed by atoms with E-state index in [0.29, 0.717) is 12.2 Å². The summed E-state index contributed by atoms with van der Waals surface area (Å²) >= 11 is 0. The van der Waals surface area contributed by atoms with Crippen molar-refractivity contribution in [1.29, 1.82) is 0 Å². The number of ether oxygens (including phenoxy) is 4. The first-order valence-electron chi connectivity index (χ1n) is 11.9. The lowest BCUT2D eigenvalue weighted by Gasteiger charge is -2.42. The molecule has 2 aliphatic rings. The number of phenols is 2. The summed E-state index contributed by atoms with van der Waals surface area (Å²) in [5.41, 5.74) is 2.45. The van der Waals surface area contributed by atoms with E-state index >= 15 is 0 Å². The van der Waals surface area contributed by atoms with Crippen LogP contribution >= 0.6 is 0 Å². The summed E-state index contributed by atoms with van der Waals surface area (Å²) in [6.45, 7) is 1.45. The molecule has 0 unspecified atom stereocenters. The minimum Gasteiger partial charge on any atom is -0.504 e. The first-order valence-corrected chi connectivity index (χ1v) is 11.9. The third kappa shape index (κ3) is 4.84. The Morgan fingerprint density at radius 2 is 1.61 bits per heavy atom. The van der Waals surface area contributed by atoms with Gasteiger partial charge >= 0.3 is 0 Å². The fraction of sp³-hybridized carbons (Fsp3) is 0.538. The molecule has 1 aliphatic heterocycles. The maximum atomic E-state index is 10.6. The van der Waals surface area contributed by atoms with E-state index in [2.05, 4.69) is 0 Å². The van der Waals surface area contributed by atoms with E-state index in [1.165, 1.54) is 20.3 Å². The van der Waals surface area contributed by atoms with E-state index in [1.807, 2.05) is 0 Å². The molecule has 0 radical (unpaired) electrons. The highest BCUT2D eigenvalue weighted by Gasteiger charge is 2.44. The van der Waals surface area contributed by atoms with Gasteiger partial charge in [0, 0.05) is 12.5 Å². The Labute approximate surface area is 209 Å². The second kappa shape index (κ2) is 10.8. The molecule has 2 aromatic carbocycles. The van der Waals surface area contributed by atoms with Gasteiger partial charge in [-0.05, 0) is 66.1 Å². The Balaban J connectivity index is 1.73. The highest BCUT2D eigenvalue weighted by Crippen LogP contribution is 2.48. The zero-order valence-corrected chi connectivity index (χ0v) is 20.4. The lowest BCUT2D eigenvalue weighted by atomic mass is 9.67. The number of aliphatic hydroxyl groups is 4. The summed E-state index contributed by atoms with van der Waals surface area (Å²) in [5, 5.41) is 61.6. The molecule has 1 heterocycles. The monoisotopic (exact) mass is 506 g/mol. The van der Waals surface area contributed by atoms with E-state index in [4.69, 9.17) is 18.9 Å². The summed E-state index contributed by atoms with van der Waals surface area (Å²) in [5.74, 6) is -0.486. The summed E-state index contributed by atoms with van der Waals surface area (Å²) in [6.07, 6.45) is -5.59. The molecular formula is C26H34O10. The van der Waals surface area contributed by atoms with Crippen molar-refractivity contribution < 1.29 is 49.6 Å². The lowest BCUT2D eigenvalue weighted by Crippen LogP contribution is -2.57. The largest absolute Gasteiger partial charge is 0.504 e. The Bertz CT molecular complexity index is 1060. The number of benzene rings is 2. The van der Waals surface area contributed by atoms with Crippen LogP contribution in [-0.2, 0) is 15.9 Å². The number of hydrogen-bond donors (Lipinski definition) is 6. The normalized spacial score (nSPS) is 32.1. The second-order valence-electron chi connectivity index (χ2n) is 9.46. The second-order valence-corrected chi connectivity index (χ2v) is 9.46. The molecule has 10 heteroatoms. The van der Waals surface area contributed by atoms with Gasteiger partial charge in [-0.1, -0.05) is 6.07 Å². The molecule has 198 valence electrons. The van der Waals surface area contributed by atoms with Gasteiger partial charge in [-0.25, -0.2) is 0 Å². The highest BCUT2D eigenvalue weighted by molar-refractivity contribution is 5.53. The zero-order chi connectivity index (χ0) is 26.1. The van der Waals surface area contributed by atoms with Crippen molar-refractivity contribution in [2.24, 2.45) is 11.8 Å². The topological polar surface area (TPSA) is 158 Å². The average Bonchev–Trinajstić information content (AvgIpc) is 2.88. The van der Waals surface area contributed by atoms with E-state index in [9.17, 15) is 30.6 Å². The average molecular weight is 507 g/mol. The molecule has 1 aliphatic carbocycles. The van der Waals surface area contributed by atoms with Crippen molar-refractivity contribution >= 4 is 0 Å². The number of aromatic hydroxyl groups is 2. The molecule has 36 heavy (non-hydrogen) atoms. The van der Waals surface area contributed by atoms with Crippen LogP contribution in [0.1, 0.15) is 29.5 Å². The van der Waals surface area contributed by atoms with Crippen molar-refractivity contribution in [3.63, 3.8) is 0 Å². The molecule has 1 fully saturated rings. The zero-order valence-electron chi connectivity index (χ0n) is 20.4. The van der Waals surface area contributed by atoms with Gasteiger partial charge in [0.25, 0.3) is 0 Å². The van der Waals surface area contributed by atoms with Crippen LogP contribution in [0.4, 0.5) is 0 Å². The van der Waals surface area contributed by atoms with Crippen LogP contribution in [0.5, 0.6) is 23.0 Å². The molecule has 0 spiro atoms. The number of methoxy groups -OCH3 is 2. The van der Waals surface area contributed by atoms with E-state index < -0.39 is 36.6 Å². The van der Waals surface area contributed by atoms with Gasteiger partial charge in [0.1, 0.15) is 18.3 Å². The molecule has 2 aromatic rings. The highest BCUT2D eigenvalue weighted by atomic mass is 16.7. The molecule has 6 N–H and O–H groups in total. The molecule has 10 nitrogen and oxygen atoms in total. The summed E-state index contributed by atoms with van der Waals surface area (Å²) in [7, 11) is 2.92. The quantitative estimate of drug-likeness (QED) is 0.318. The summed E-state index contributed by atoms with van der Waals surface area (Å²) in [6, 6.07) is 8.35. The SMILES string of the molecule is COc1cc([C@H]2c3cc(O)c(OC)cc3C[C@H](CO)[C@H]2CO[C@@H]2O[C@@H](C)[C@H](O)[C@@H](O)[C@H]2O)ccc1O. The van der Waals surface area contributed by atoms with E-state index in [1.54, 1.807) is 31.2 Å². The van der Waals surface area contributed by atoms with Crippen molar-refractivity contribution in [2.45, 2.75) is 50.0 Å². The molecule has 1 saturated heterocycles. The third-order valence-corrected chi connectivity index (χ3v) is 7.35. The summed E-state index contributed by atoms with van der Waals surface area (Å²) in [4.78, 5) is 0. The molecule has 0 aromatic heterocycles. The Morgan fingerprint density at radius 1 is 0.917 bits per heavy atom. The molecular weight excluding hydrogens is 472 g/mol. The van der Waals surface area contributed by atoms with Gasteiger partial charge < -0.3 is 49.6 Å².